The number of benzene rings is 1. The highest BCUT2D eigenvalue weighted by atomic mass is 19.4. The minimum Gasteiger partial charge on any atom is -0.388 e. The van der Waals surface area contributed by atoms with Gasteiger partial charge in [0.1, 0.15) is 0 Å². The topological polar surface area (TPSA) is 40.5 Å². The average Bonchev–Trinajstić information content (AvgIpc) is 2.35. The van der Waals surface area contributed by atoms with Gasteiger partial charge in [0.2, 0.25) is 0 Å². The van der Waals surface area contributed by atoms with E-state index in [0.29, 0.717) is 18.2 Å². The first-order chi connectivity index (χ1) is 10.1. The third-order valence-corrected chi connectivity index (χ3v) is 3.03. The molecule has 0 bridgehead atoms. The zero-order valence-corrected chi connectivity index (χ0v) is 10.9. The van der Waals surface area contributed by atoms with E-state index >= 15 is 0 Å². The van der Waals surface area contributed by atoms with Gasteiger partial charge >= 0.3 is 18.5 Å². The molecule has 1 unspecified atom stereocenters. The van der Waals surface area contributed by atoms with Gasteiger partial charge in [-0.3, -0.25) is 0 Å². The van der Waals surface area contributed by atoms with Gasteiger partial charge in [-0.1, -0.05) is 12.1 Å². The Hall–Kier alpha value is -1.49. The van der Waals surface area contributed by atoms with Gasteiger partial charge in [-0.15, -0.1) is 0 Å². The standard InChI is InChI=1S/C12H9F9O2/c13-10(14,15)7-3-1-2-6(4-7)8(22)5-9(23,11(16,17)18)12(19,20)21/h1-4,8,22-23H,5H2. The molecule has 2 N–H and O–H groups in total. The highest BCUT2D eigenvalue weighted by Gasteiger charge is 2.70. The Bertz CT molecular complexity index is 531. The first-order valence-electron chi connectivity index (χ1n) is 5.80. The molecule has 0 amide bonds. The second-order valence-electron chi connectivity index (χ2n) is 4.70. The zero-order valence-electron chi connectivity index (χ0n) is 10.9. The average molecular weight is 356 g/mol. The third kappa shape index (κ3) is 4.08. The Morgan fingerprint density at radius 1 is 0.870 bits per heavy atom. The SMILES string of the molecule is OC(CC(O)(C(F)(F)F)C(F)(F)F)c1cccc(C(F)(F)F)c1. The molecule has 132 valence electrons. The molecule has 2 nitrogen and oxygen atoms in total. The predicted molar refractivity (Wildman–Crippen MR) is 58.1 cm³/mol. The monoisotopic (exact) mass is 356 g/mol. The minimum absolute atomic E-state index is 0.206. The normalized spacial score (nSPS) is 15.6. The molecule has 1 aromatic carbocycles. The number of halogens is 9. The van der Waals surface area contributed by atoms with Crippen LogP contribution in [0.25, 0.3) is 0 Å². The minimum atomic E-state index is -6.17. The van der Waals surface area contributed by atoms with Crippen molar-refractivity contribution >= 4 is 0 Å². The summed E-state index contributed by atoms with van der Waals surface area (Å²) in [7, 11) is 0. The Balaban J connectivity index is 3.18. The maximum absolute atomic E-state index is 12.5. The van der Waals surface area contributed by atoms with Gasteiger partial charge in [-0.25, -0.2) is 0 Å². The number of rotatable bonds is 3. The van der Waals surface area contributed by atoms with Crippen molar-refractivity contribution < 1.29 is 49.7 Å². The molecule has 0 saturated carbocycles. The van der Waals surface area contributed by atoms with Crippen LogP contribution in [0.1, 0.15) is 23.7 Å². The molecule has 1 rings (SSSR count). The smallest absolute Gasteiger partial charge is 0.388 e. The Kier molecular flexibility index (Phi) is 4.98. The summed E-state index contributed by atoms with van der Waals surface area (Å²) < 4.78 is 112. The Morgan fingerprint density at radius 3 is 1.74 bits per heavy atom. The largest absolute Gasteiger partial charge is 0.426 e. The summed E-state index contributed by atoms with van der Waals surface area (Å²) in [6.45, 7) is 0. The maximum atomic E-state index is 12.5. The lowest BCUT2D eigenvalue weighted by molar-refractivity contribution is -0.374. The third-order valence-electron chi connectivity index (χ3n) is 3.03. The molecule has 0 radical (unpaired) electrons. The van der Waals surface area contributed by atoms with Crippen LogP contribution in [0.3, 0.4) is 0 Å². The van der Waals surface area contributed by atoms with Gasteiger partial charge in [0.05, 0.1) is 11.7 Å². The summed E-state index contributed by atoms with van der Waals surface area (Å²) in [4.78, 5) is 0. The van der Waals surface area contributed by atoms with Gasteiger partial charge in [-0.2, -0.15) is 39.5 Å². The van der Waals surface area contributed by atoms with E-state index in [2.05, 4.69) is 0 Å². The number of hydrogen-bond acceptors (Lipinski definition) is 2. The van der Waals surface area contributed by atoms with E-state index in [4.69, 9.17) is 5.11 Å². The molecule has 23 heavy (non-hydrogen) atoms. The highest BCUT2D eigenvalue weighted by molar-refractivity contribution is 5.27. The molecule has 0 saturated heterocycles. The van der Waals surface area contributed by atoms with Crippen molar-refractivity contribution in [2.45, 2.75) is 36.7 Å². The van der Waals surface area contributed by atoms with E-state index in [9.17, 15) is 44.6 Å². The number of aliphatic hydroxyl groups is 2. The highest BCUT2D eigenvalue weighted by Crippen LogP contribution is 2.47. The first-order valence-corrected chi connectivity index (χ1v) is 5.80. The Morgan fingerprint density at radius 2 is 1.35 bits per heavy atom. The zero-order chi connectivity index (χ0) is 18.3. The molecule has 0 fully saturated rings. The first kappa shape index (κ1) is 19.6. The summed E-state index contributed by atoms with van der Waals surface area (Å²) >= 11 is 0. The number of alkyl halides is 9. The van der Waals surface area contributed by atoms with E-state index in [0.717, 1.165) is 0 Å². The van der Waals surface area contributed by atoms with Crippen molar-refractivity contribution in [2.75, 3.05) is 0 Å². The van der Waals surface area contributed by atoms with Crippen molar-refractivity contribution in [3.63, 3.8) is 0 Å². The fraction of sp³-hybridized carbons (Fsp3) is 0.500. The lowest BCUT2D eigenvalue weighted by Crippen LogP contribution is -2.57. The van der Waals surface area contributed by atoms with Gasteiger partial charge in [0.15, 0.2) is 0 Å². The maximum Gasteiger partial charge on any atom is 0.426 e. The van der Waals surface area contributed by atoms with Crippen LogP contribution in [-0.2, 0) is 6.18 Å². The number of hydrogen-bond donors (Lipinski definition) is 2. The molecule has 0 heterocycles. The van der Waals surface area contributed by atoms with Crippen LogP contribution in [0, 0.1) is 0 Å². The Labute approximate surface area is 123 Å². The summed E-state index contributed by atoms with van der Waals surface area (Å²) in [5.41, 5.74) is -7.46. The van der Waals surface area contributed by atoms with E-state index in [1.807, 2.05) is 0 Å². The molecule has 0 aliphatic heterocycles. The molecule has 0 aliphatic carbocycles. The second-order valence-corrected chi connectivity index (χ2v) is 4.70. The van der Waals surface area contributed by atoms with E-state index < -0.39 is 47.8 Å². The van der Waals surface area contributed by atoms with Crippen LogP contribution in [-0.4, -0.2) is 28.2 Å². The summed E-state index contributed by atoms with van der Waals surface area (Å²) in [6.07, 6.45) is -22.2. The van der Waals surface area contributed by atoms with Crippen LogP contribution in [0.2, 0.25) is 0 Å². The van der Waals surface area contributed by atoms with E-state index in [1.165, 1.54) is 0 Å². The van der Waals surface area contributed by atoms with Gasteiger partial charge in [0.25, 0.3) is 5.60 Å². The molecule has 11 heteroatoms. The van der Waals surface area contributed by atoms with E-state index in [1.54, 1.807) is 0 Å². The summed E-state index contributed by atoms with van der Waals surface area (Å²) in [6, 6.07) is 2.16. The van der Waals surface area contributed by atoms with Crippen LogP contribution < -0.4 is 0 Å². The van der Waals surface area contributed by atoms with Crippen molar-refractivity contribution in [3.8, 4) is 0 Å². The molecule has 1 atom stereocenters. The molecule has 1 aromatic rings. The van der Waals surface area contributed by atoms with Gasteiger partial charge < -0.3 is 10.2 Å². The van der Waals surface area contributed by atoms with Crippen LogP contribution in [0.5, 0.6) is 0 Å². The predicted octanol–water partition coefficient (Wildman–Crippen LogP) is 3.98. The fourth-order valence-electron chi connectivity index (χ4n) is 1.71. The van der Waals surface area contributed by atoms with Crippen LogP contribution >= 0.6 is 0 Å². The van der Waals surface area contributed by atoms with Crippen LogP contribution in [0.15, 0.2) is 24.3 Å². The van der Waals surface area contributed by atoms with Gasteiger partial charge in [0, 0.05) is 6.42 Å². The molecule has 0 aliphatic rings. The molecular weight excluding hydrogens is 347 g/mol. The molecule has 0 aromatic heterocycles. The van der Waals surface area contributed by atoms with Crippen molar-refractivity contribution in [3.05, 3.63) is 35.4 Å². The quantitative estimate of drug-likeness (QED) is 0.805. The van der Waals surface area contributed by atoms with Crippen molar-refractivity contribution in [1.82, 2.24) is 0 Å². The second kappa shape index (κ2) is 5.86. The number of aliphatic hydroxyl groups excluding tert-OH is 1. The molecule has 0 spiro atoms. The van der Waals surface area contributed by atoms with E-state index in [-0.39, 0.29) is 6.07 Å². The summed E-state index contributed by atoms with van der Waals surface area (Å²) in [5.74, 6) is 0. The lowest BCUT2D eigenvalue weighted by Gasteiger charge is -2.33. The summed E-state index contributed by atoms with van der Waals surface area (Å²) in [5, 5.41) is 18.4. The van der Waals surface area contributed by atoms with Crippen molar-refractivity contribution in [1.29, 1.82) is 0 Å². The van der Waals surface area contributed by atoms with Gasteiger partial charge in [-0.05, 0) is 17.7 Å². The lowest BCUT2D eigenvalue weighted by atomic mass is 9.91. The fourth-order valence-corrected chi connectivity index (χ4v) is 1.71. The van der Waals surface area contributed by atoms with Crippen molar-refractivity contribution in [2.24, 2.45) is 0 Å². The van der Waals surface area contributed by atoms with Crippen LogP contribution in [0.4, 0.5) is 39.5 Å². The molecular formula is C12H9F9O2.